The Morgan fingerprint density at radius 1 is 1.15 bits per heavy atom. The number of nitrogens with one attached hydrogen (secondary N) is 1. The molecule has 142 valence electrons. The van der Waals surface area contributed by atoms with Crippen molar-refractivity contribution in [1.29, 1.82) is 0 Å². The summed E-state index contributed by atoms with van der Waals surface area (Å²) >= 11 is 0. The molecule has 0 aliphatic carbocycles. The van der Waals surface area contributed by atoms with Crippen LogP contribution in [0.15, 0.2) is 33.9 Å². The molecular formula is C20H23N3O4. The third-order valence-corrected chi connectivity index (χ3v) is 5.41. The quantitative estimate of drug-likeness (QED) is 0.831. The van der Waals surface area contributed by atoms with Crippen molar-refractivity contribution in [3.8, 4) is 0 Å². The van der Waals surface area contributed by atoms with Crippen LogP contribution < -0.4 is 21.1 Å². The first-order valence-electron chi connectivity index (χ1n) is 9.47. The zero-order valence-electron chi connectivity index (χ0n) is 15.4. The molecule has 27 heavy (non-hydrogen) atoms. The monoisotopic (exact) mass is 369 g/mol. The van der Waals surface area contributed by atoms with Crippen molar-refractivity contribution >= 4 is 23.2 Å². The molecule has 2 aliphatic heterocycles. The van der Waals surface area contributed by atoms with Crippen LogP contribution in [0.5, 0.6) is 0 Å². The molecule has 2 aromatic rings. The van der Waals surface area contributed by atoms with Gasteiger partial charge in [0.25, 0.3) is 10.9 Å². The summed E-state index contributed by atoms with van der Waals surface area (Å²) in [5, 5.41) is 3.27. The predicted octanol–water partition coefficient (Wildman–Crippen LogP) is 2.01. The smallest absolute Gasteiger partial charge is 0.409 e. The summed E-state index contributed by atoms with van der Waals surface area (Å²) in [4.78, 5) is 39.9. The molecule has 1 amide bonds. The summed E-state index contributed by atoms with van der Waals surface area (Å²) in [5.74, 6) is 0. The van der Waals surface area contributed by atoms with Gasteiger partial charge in [0.1, 0.15) is 11.4 Å². The molecular weight excluding hydrogens is 346 g/mol. The summed E-state index contributed by atoms with van der Waals surface area (Å²) in [7, 11) is 0. The van der Waals surface area contributed by atoms with Crippen molar-refractivity contribution in [1.82, 2.24) is 4.90 Å². The number of fused-ring (bicyclic) bond motifs is 1. The SMILES string of the molecule is CCOC(=O)N1CCC(Nc2c(N3CCc4ccccc43)c(=O)c2=O)CC1. The summed E-state index contributed by atoms with van der Waals surface area (Å²) in [6.07, 6.45) is 2.01. The molecule has 4 rings (SSSR count). The first-order valence-corrected chi connectivity index (χ1v) is 9.47. The second-order valence-electron chi connectivity index (χ2n) is 7.02. The summed E-state index contributed by atoms with van der Waals surface area (Å²) < 4.78 is 5.03. The van der Waals surface area contributed by atoms with E-state index in [0.717, 1.165) is 12.1 Å². The van der Waals surface area contributed by atoms with Crippen LogP contribution in [0.4, 0.5) is 21.9 Å². The van der Waals surface area contributed by atoms with Gasteiger partial charge in [-0.15, -0.1) is 0 Å². The van der Waals surface area contributed by atoms with Crippen molar-refractivity contribution in [2.75, 3.05) is 36.5 Å². The maximum absolute atomic E-state index is 12.3. The van der Waals surface area contributed by atoms with Gasteiger partial charge < -0.3 is 19.9 Å². The zero-order chi connectivity index (χ0) is 19.0. The van der Waals surface area contributed by atoms with E-state index in [2.05, 4.69) is 11.4 Å². The zero-order valence-corrected chi connectivity index (χ0v) is 15.4. The minimum atomic E-state index is -0.442. The van der Waals surface area contributed by atoms with Gasteiger partial charge in [0.05, 0.1) is 6.61 Å². The lowest BCUT2D eigenvalue weighted by Gasteiger charge is -2.33. The molecule has 0 radical (unpaired) electrons. The van der Waals surface area contributed by atoms with Crippen LogP contribution in [0.3, 0.4) is 0 Å². The fraction of sp³-hybridized carbons (Fsp3) is 0.450. The number of amides is 1. The van der Waals surface area contributed by atoms with E-state index in [1.807, 2.05) is 23.1 Å². The third-order valence-electron chi connectivity index (χ3n) is 5.41. The van der Waals surface area contributed by atoms with Crippen molar-refractivity contribution in [2.24, 2.45) is 0 Å². The fourth-order valence-corrected chi connectivity index (χ4v) is 3.97. The van der Waals surface area contributed by atoms with Crippen LogP contribution in [-0.4, -0.2) is 43.3 Å². The third kappa shape index (κ3) is 3.07. The highest BCUT2D eigenvalue weighted by atomic mass is 16.6. The summed E-state index contributed by atoms with van der Waals surface area (Å²) in [6.45, 7) is 4.01. The van der Waals surface area contributed by atoms with Gasteiger partial charge in [-0.1, -0.05) is 18.2 Å². The van der Waals surface area contributed by atoms with Crippen LogP contribution in [0.2, 0.25) is 0 Å². The van der Waals surface area contributed by atoms with E-state index in [-0.39, 0.29) is 12.1 Å². The molecule has 0 bridgehead atoms. The van der Waals surface area contributed by atoms with Gasteiger partial charge in [0.15, 0.2) is 0 Å². The fourth-order valence-electron chi connectivity index (χ4n) is 3.97. The summed E-state index contributed by atoms with van der Waals surface area (Å²) in [5.41, 5.74) is 2.24. The van der Waals surface area contributed by atoms with Gasteiger partial charge in [0.2, 0.25) is 0 Å². The van der Waals surface area contributed by atoms with Crippen molar-refractivity contribution < 1.29 is 9.53 Å². The van der Waals surface area contributed by atoms with E-state index in [4.69, 9.17) is 4.74 Å². The Balaban J connectivity index is 1.46. The number of hydrogen-bond donors (Lipinski definition) is 1. The Morgan fingerprint density at radius 3 is 2.63 bits per heavy atom. The molecule has 1 N–H and O–H groups in total. The highest BCUT2D eigenvalue weighted by Crippen LogP contribution is 2.36. The number of anilines is 3. The maximum Gasteiger partial charge on any atom is 0.409 e. The van der Waals surface area contributed by atoms with E-state index < -0.39 is 10.9 Å². The standard InChI is InChI=1S/C20H23N3O4/c1-2-27-20(26)22-10-8-14(9-11-22)21-16-17(19(25)18(16)24)23-12-7-13-5-3-4-6-15(13)23/h3-6,14,21H,2,7-12H2,1H3. The Labute approximate surface area is 157 Å². The number of piperidine rings is 1. The highest BCUT2D eigenvalue weighted by molar-refractivity contribution is 5.83. The van der Waals surface area contributed by atoms with Gasteiger partial charge in [-0.05, 0) is 37.8 Å². The first-order chi connectivity index (χ1) is 13.1. The highest BCUT2D eigenvalue weighted by Gasteiger charge is 2.33. The minimum absolute atomic E-state index is 0.0653. The number of rotatable bonds is 4. The lowest BCUT2D eigenvalue weighted by Crippen LogP contribution is -2.46. The van der Waals surface area contributed by atoms with Crippen LogP contribution in [0, 0.1) is 0 Å². The average molecular weight is 369 g/mol. The van der Waals surface area contributed by atoms with Crippen molar-refractivity contribution in [3.63, 3.8) is 0 Å². The van der Waals surface area contributed by atoms with Gasteiger partial charge in [-0.3, -0.25) is 9.59 Å². The molecule has 7 heteroatoms. The van der Waals surface area contributed by atoms with Gasteiger partial charge in [-0.25, -0.2) is 4.79 Å². The molecule has 0 saturated carbocycles. The lowest BCUT2D eigenvalue weighted by atomic mass is 10.0. The Kier molecular flexibility index (Phi) is 4.59. The van der Waals surface area contributed by atoms with E-state index >= 15 is 0 Å². The van der Waals surface area contributed by atoms with Gasteiger partial charge >= 0.3 is 6.09 Å². The number of carbonyl (C=O) groups excluding carboxylic acids is 1. The number of ether oxygens (including phenoxy) is 1. The van der Waals surface area contributed by atoms with Crippen LogP contribution in [-0.2, 0) is 11.2 Å². The number of para-hydroxylation sites is 1. The first kappa shape index (κ1) is 17.6. The van der Waals surface area contributed by atoms with Crippen LogP contribution >= 0.6 is 0 Å². The number of nitrogens with zero attached hydrogens (tertiary/aromatic N) is 2. The maximum atomic E-state index is 12.3. The van der Waals surface area contributed by atoms with Gasteiger partial charge in [-0.2, -0.15) is 0 Å². The minimum Gasteiger partial charge on any atom is -0.450 e. The summed E-state index contributed by atoms with van der Waals surface area (Å²) in [6, 6.07) is 8.04. The molecule has 2 heterocycles. The molecule has 2 aliphatic rings. The largest absolute Gasteiger partial charge is 0.450 e. The van der Waals surface area contributed by atoms with Crippen LogP contribution in [0.25, 0.3) is 0 Å². The van der Waals surface area contributed by atoms with Crippen LogP contribution in [0.1, 0.15) is 25.3 Å². The van der Waals surface area contributed by atoms with E-state index in [9.17, 15) is 14.4 Å². The Bertz CT molecular complexity index is 924. The number of hydrogen-bond acceptors (Lipinski definition) is 6. The predicted molar refractivity (Wildman–Crippen MR) is 104 cm³/mol. The van der Waals surface area contributed by atoms with E-state index in [1.165, 1.54) is 5.56 Å². The normalized spacial score (nSPS) is 17.2. The second-order valence-corrected chi connectivity index (χ2v) is 7.02. The van der Waals surface area contributed by atoms with E-state index in [1.54, 1.807) is 11.8 Å². The number of likely N-dealkylation sites (tertiary alicyclic amines) is 1. The van der Waals surface area contributed by atoms with Crippen molar-refractivity contribution in [3.05, 3.63) is 50.3 Å². The number of benzene rings is 1. The topological polar surface area (TPSA) is 79.0 Å². The molecule has 0 unspecified atom stereocenters. The molecule has 2 aromatic carbocycles. The Hall–Kier alpha value is -2.83. The molecule has 0 atom stereocenters. The molecule has 7 nitrogen and oxygen atoms in total. The lowest BCUT2D eigenvalue weighted by molar-refractivity contribution is 0.0983. The average Bonchev–Trinajstić information content (AvgIpc) is 3.11. The molecule has 1 saturated heterocycles. The van der Waals surface area contributed by atoms with E-state index in [0.29, 0.717) is 50.5 Å². The molecule has 0 spiro atoms. The molecule has 0 aromatic heterocycles. The number of carbonyl (C=O) groups is 1. The van der Waals surface area contributed by atoms with Crippen molar-refractivity contribution in [2.45, 2.75) is 32.2 Å². The van der Waals surface area contributed by atoms with Gasteiger partial charge in [0, 0.05) is 31.4 Å². The second kappa shape index (κ2) is 7.06. The molecule has 1 fully saturated rings. The Morgan fingerprint density at radius 2 is 1.89 bits per heavy atom.